The van der Waals surface area contributed by atoms with Gasteiger partial charge in [-0.3, -0.25) is 9.69 Å². The summed E-state index contributed by atoms with van der Waals surface area (Å²) in [5, 5.41) is 0. The molecule has 0 saturated carbocycles. The average Bonchev–Trinajstić information content (AvgIpc) is 2.83. The maximum absolute atomic E-state index is 13.4. The van der Waals surface area contributed by atoms with Crippen molar-refractivity contribution in [1.82, 2.24) is 9.80 Å². The number of carbonyl (C=O) groups is 1. The topological polar surface area (TPSA) is 32.8 Å². The maximum atomic E-state index is 13.4. The van der Waals surface area contributed by atoms with E-state index in [-0.39, 0.29) is 17.9 Å². The van der Waals surface area contributed by atoms with Crippen LogP contribution in [0.2, 0.25) is 0 Å². The zero-order chi connectivity index (χ0) is 18.6. The van der Waals surface area contributed by atoms with E-state index in [0.29, 0.717) is 12.1 Å². The van der Waals surface area contributed by atoms with Crippen LogP contribution in [0.15, 0.2) is 18.2 Å². The van der Waals surface area contributed by atoms with E-state index >= 15 is 0 Å². The molecule has 2 saturated heterocycles. The van der Waals surface area contributed by atoms with Crippen molar-refractivity contribution in [2.75, 3.05) is 39.9 Å². The van der Waals surface area contributed by atoms with Crippen molar-refractivity contribution in [2.45, 2.75) is 44.1 Å². The zero-order valence-electron chi connectivity index (χ0n) is 15.5. The highest BCUT2D eigenvalue weighted by Crippen LogP contribution is 2.38. The molecule has 0 aromatic heterocycles. The molecule has 1 amide bonds. The van der Waals surface area contributed by atoms with Crippen LogP contribution < -0.4 is 0 Å². The number of methoxy groups -OCH3 is 1. The second-order valence-corrected chi connectivity index (χ2v) is 7.50. The number of carbonyl (C=O) groups excluding carboxylic acids is 1. The lowest BCUT2D eigenvalue weighted by Crippen LogP contribution is -2.46. The van der Waals surface area contributed by atoms with E-state index in [2.05, 4.69) is 4.90 Å². The molecule has 0 N–H and O–H groups in total. The summed E-state index contributed by atoms with van der Waals surface area (Å²) >= 11 is 0. The van der Waals surface area contributed by atoms with Crippen LogP contribution in [0, 0.1) is 11.6 Å². The van der Waals surface area contributed by atoms with Gasteiger partial charge in [0, 0.05) is 38.3 Å². The smallest absolute Gasteiger partial charge is 0.226 e. The highest BCUT2D eigenvalue weighted by Gasteiger charge is 2.41. The number of likely N-dealkylation sites (tertiary alicyclic amines) is 2. The normalized spacial score (nSPS) is 24.2. The second kappa shape index (κ2) is 8.44. The van der Waals surface area contributed by atoms with Gasteiger partial charge in [0.25, 0.3) is 0 Å². The molecule has 2 fully saturated rings. The Morgan fingerprint density at radius 3 is 2.46 bits per heavy atom. The fourth-order valence-electron chi connectivity index (χ4n) is 4.54. The SMILES string of the molecule is COCCN1CCCC12CCCN(C(=O)Cc1cc(F)cc(F)c1)CC2. The molecule has 1 unspecified atom stereocenters. The van der Waals surface area contributed by atoms with Crippen molar-refractivity contribution in [1.29, 1.82) is 0 Å². The molecule has 1 aromatic rings. The summed E-state index contributed by atoms with van der Waals surface area (Å²) in [6.07, 6.45) is 5.44. The van der Waals surface area contributed by atoms with Crippen LogP contribution in [0.3, 0.4) is 0 Å². The third-order valence-electron chi connectivity index (χ3n) is 5.85. The third kappa shape index (κ3) is 4.41. The molecule has 2 aliphatic heterocycles. The van der Waals surface area contributed by atoms with Gasteiger partial charge in [-0.25, -0.2) is 8.78 Å². The van der Waals surface area contributed by atoms with E-state index in [1.807, 2.05) is 4.90 Å². The van der Waals surface area contributed by atoms with Crippen molar-refractivity contribution in [3.8, 4) is 0 Å². The quantitative estimate of drug-likeness (QED) is 0.803. The summed E-state index contributed by atoms with van der Waals surface area (Å²) in [5.74, 6) is -1.32. The molecule has 2 aliphatic rings. The van der Waals surface area contributed by atoms with Crippen molar-refractivity contribution < 1.29 is 18.3 Å². The summed E-state index contributed by atoms with van der Waals surface area (Å²) in [7, 11) is 1.73. The number of ether oxygens (including phenoxy) is 1. The maximum Gasteiger partial charge on any atom is 0.226 e. The highest BCUT2D eigenvalue weighted by molar-refractivity contribution is 5.78. The minimum atomic E-state index is -0.637. The Morgan fingerprint density at radius 2 is 1.77 bits per heavy atom. The molecular weight excluding hydrogens is 338 g/mol. The van der Waals surface area contributed by atoms with Crippen LogP contribution >= 0.6 is 0 Å². The molecule has 144 valence electrons. The monoisotopic (exact) mass is 366 g/mol. The Labute approximate surface area is 154 Å². The lowest BCUT2D eigenvalue weighted by Gasteiger charge is -2.38. The van der Waals surface area contributed by atoms with Gasteiger partial charge in [0.2, 0.25) is 5.91 Å². The Morgan fingerprint density at radius 1 is 1.08 bits per heavy atom. The van der Waals surface area contributed by atoms with E-state index < -0.39 is 11.6 Å². The number of hydrogen-bond acceptors (Lipinski definition) is 3. The van der Waals surface area contributed by atoms with Gasteiger partial charge in [0.15, 0.2) is 0 Å². The van der Waals surface area contributed by atoms with Crippen LogP contribution in [0.5, 0.6) is 0 Å². The van der Waals surface area contributed by atoms with E-state index in [4.69, 9.17) is 4.74 Å². The van der Waals surface area contributed by atoms with Crippen LogP contribution in [0.25, 0.3) is 0 Å². The minimum Gasteiger partial charge on any atom is -0.383 e. The molecule has 0 bridgehead atoms. The standard InChI is InChI=1S/C20H28F2N2O2/c1-26-11-10-24-8-3-5-20(24)4-2-7-23(9-6-20)19(25)14-16-12-17(21)15-18(22)13-16/h12-13,15H,2-11,14H2,1H3. The predicted octanol–water partition coefficient (Wildman–Crippen LogP) is 3.00. The Hall–Kier alpha value is -1.53. The van der Waals surface area contributed by atoms with E-state index in [0.717, 1.165) is 51.6 Å². The molecule has 1 spiro atoms. The van der Waals surface area contributed by atoms with Gasteiger partial charge in [0.1, 0.15) is 11.6 Å². The van der Waals surface area contributed by atoms with Gasteiger partial charge < -0.3 is 9.64 Å². The van der Waals surface area contributed by atoms with Crippen LogP contribution in [-0.4, -0.2) is 61.1 Å². The number of amides is 1. The van der Waals surface area contributed by atoms with E-state index in [1.54, 1.807) is 7.11 Å². The highest BCUT2D eigenvalue weighted by atomic mass is 19.1. The fourth-order valence-corrected chi connectivity index (χ4v) is 4.54. The molecular formula is C20H28F2N2O2. The van der Waals surface area contributed by atoms with Gasteiger partial charge in [0.05, 0.1) is 13.0 Å². The first kappa shape index (κ1) is 19.2. The van der Waals surface area contributed by atoms with Crippen molar-refractivity contribution in [2.24, 2.45) is 0 Å². The first-order valence-electron chi connectivity index (χ1n) is 9.49. The molecule has 3 rings (SSSR count). The fraction of sp³-hybridized carbons (Fsp3) is 0.650. The molecule has 26 heavy (non-hydrogen) atoms. The molecule has 4 nitrogen and oxygen atoms in total. The molecule has 2 heterocycles. The lowest BCUT2D eigenvalue weighted by molar-refractivity contribution is -0.130. The number of rotatable bonds is 5. The first-order chi connectivity index (χ1) is 12.5. The summed E-state index contributed by atoms with van der Waals surface area (Å²) in [6.45, 7) is 4.19. The number of halogens is 2. The molecule has 1 aromatic carbocycles. The van der Waals surface area contributed by atoms with Gasteiger partial charge in [-0.15, -0.1) is 0 Å². The van der Waals surface area contributed by atoms with Gasteiger partial charge in [-0.05, 0) is 56.3 Å². The number of hydrogen-bond donors (Lipinski definition) is 0. The summed E-state index contributed by atoms with van der Waals surface area (Å²) in [6, 6.07) is 3.31. The van der Waals surface area contributed by atoms with E-state index in [9.17, 15) is 13.6 Å². The van der Waals surface area contributed by atoms with Crippen molar-refractivity contribution in [3.63, 3.8) is 0 Å². The first-order valence-corrected chi connectivity index (χ1v) is 9.49. The summed E-state index contributed by atoms with van der Waals surface area (Å²) in [5.41, 5.74) is 0.576. The third-order valence-corrected chi connectivity index (χ3v) is 5.85. The zero-order valence-corrected chi connectivity index (χ0v) is 15.5. The molecule has 6 heteroatoms. The minimum absolute atomic E-state index is 0.0477. The van der Waals surface area contributed by atoms with Gasteiger partial charge >= 0.3 is 0 Å². The Kier molecular flexibility index (Phi) is 6.24. The van der Waals surface area contributed by atoms with Crippen molar-refractivity contribution in [3.05, 3.63) is 35.4 Å². The molecule has 1 atom stereocenters. The van der Waals surface area contributed by atoms with Crippen molar-refractivity contribution >= 4 is 5.91 Å². The second-order valence-electron chi connectivity index (χ2n) is 7.50. The van der Waals surface area contributed by atoms with Crippen LogP contribution in [0.4, 0.5) is 8.78 Å². The summed E-state index contributed by atoms with van der Waals surface area (Å²) in [4.78, 5) is 17.0. The lowest BCUT2D eigenvalue weighted by atomic mass is 9.88. The molecule has 0 radical (unpaired) electrons. The van der Waals surface area contributed by atoms with E-state index in [1.165, 1.54) is 25.0 Å². The Balaban J connectivity index is 1.61. The average molecular weight is 366 g/mol. The Bertz CT molecular complexity index is 620. The van der Waals surface area contributed by atoms with Crippen LogP contribution in [-0.2, 0) is 16.0 Å². The number of nitrogens with zero attached hydrogens (tertiary/aromatic N) is 2. The summed E-state index contributed by atoms with van der Waals surface area (Å²) < 4.78 is 31.9. The largest absolute Gasteiger partial charge is 0.383 e. The van der Waals surface area contributed by atoms with Crippen LogP contribution in [0.1, 0.15) is 37.7 Å². The van der Waals surface area contributed by atoms with Gasteiger partial charge in [-0.1, -0.05) is 0 Å². The van der Waals surface area contributed by atoms with Gasteiger partial charge in [-0.2, -0.15) is 0 Å². The predicted molar refractivity (Wildman–Crippen MR) is 95.9 cm³/mol. The molecule has 0 aliphatic carbocycles. The number of benzene rings is 1.